The van der Waals surface area contributed by atoms with E-state index >= 15 is 0 Å². The highest BCUT2D eigenvalue weighted by Gasteiger charge is 2.12. The fourth-order valence-electron chi connectivity index (χ4n) is 2.50. The van der Waals surface area contributed by atoms with Crippen LogP contribution in [0.1, 0.15) is 84.5 Å². The summed E-state index contributed by atoms with van der Waals surface area (Å²) in [6.07, 6.45) is 11.2. The molecule has 0 bridgehead atoms. The summed E-state index contributed by atoms with van der Waals surface area (Å²) in [5.41, 5.74) is 0. The number of ether oxygens (including phenoxy) is 2. The van der Waals surface area contributed by atoms with Crippen LogP contribution in [0, 0.1) is 0 Å². The van der Waals surface area contributed by atoms with Crippen LogP contribution in [-0.2, 0) is 23.9 Å². The molecule has 0 aromatic rings. The Kier molecular flexibility index (Phi) is 16.7. The summed E-state index contributed by atoms with van der Waals surface area (Å²) in [5.74, 6) is -1.34. The van der Waals surface area contributed by atoms with Gasteiger partial charge < -0.3 is 19.9 Å². The lowest BCUT2D eigenvalue weighted by Crippen LogP contribution is -2.31. The summed E-state index contributed by atoms with van der Waals surface area (Å²) in [6, 6.07) is 0. The van der Waals surface area contributed by atoms with Crippen LogP contribution in [-0.4, -0.2) is 48.8 Å². The number of hydrogen-bond acceptors (Lipinski definition) is 6. The summed E-state index contributed by atoms with van der Waals surface area (Å²) >= 11 is 0. The van der Waals surface area contributed by atoms with E-state index in [1.54, 1.807) is 0 Å². The van der Waals surface area contributed by atoms with Gasteiger partial charge in [-0.3, -0.25) is 14.4 Å². The van der Waals surface area contributed by atoms with E-state index in [2.05, 4.69) is 12.2 Å². The van der Waals surface area contributed by atoms with Gasteiger partial charge in [-0.25, -0.2) is 0 Å². The van der Waals surface area contributed by atoms with Gasteiger partial charge in [0.05, 0.1) is 0 Å². The standard InChI is InChI=1S/C20H37NO6/c1-3-4-5-6-7-8-9-10-11-12-13-19(24)26-15-18(23)16-27-20(25)14-21-17(2)22/h18,23H,3-16H2,1-2H3,(H,21,22). The number of carbonyl (C=O) groups excluding carboxylic acids is 3. The van der Waals surface area contributed by atoms with Gasteiger partial charge in [0, 0.05) is 13.3 Å². The first-order chi connectivity index (χ1) is 13.0. The maximum absolute atomic E-state index is 11.6. The molecule has 158 valence electrons. The van der Waals surface area contributed by atoms with Gasteiger partial charge in [-0.05, 0) is 6.42 Å². The third-order valence-electron chi connectivity index (χ3n) is 4.09. The molecule has 1 atom stereocenters. The van der Waals surface area contributed by atoms with Gasteiger partial charge in [0.2, 0.25) is 5.91 Å². The molecule has 0 aromatic carbocycles. The van der Waals surface area contributed by atoms with Crippen molar-refractivity contribution in [3.8, 4) is 0 Å². The molecule has 7 nitrogen and oxygen atoms in total. The molecule has 7 heteroatoms. The number of amides is 1. The van der Waals surface area contributed by atoms with Gasteiger partial charge in [0.15, 0.2) is 0 Å². The van der Waals surface area contributed by atoms with Crippen LogP contribution in [0.5, 0.6) is 0 Å². The maximum atomic E-state index is 11.6. The predicted octanol–water partition coefficient (Wildman–Crippen LogP) is 2.88. The molecule has 2 N–H and O–H groups in total. The molecular formula is C20H37NO6. The SMILES string of the molecule is CCCCCCCCCCCCC(=O)OCC(O)COC(=O)CNC(C)=O. The molecule has 27 heavy (non-hydrogen) atoms. The molecule has 0 saturated heterocycles. The fourth-order valence-corrected chi connectivity index (χ4v) is 2.50. The van der Waals surface area contributed by atoms with E-state index < -0.39 is 12.1 Å². The highest BCUT2D eigenvalue weighted by atomic mass is 16.6. The lowest BCUT2D eigenvalue weighted by molar-refractivity contribution is -0.152. The Balaban J connectivity index is 3.47. The van der Waals surface area contributed by atoms with Crippen LogP contribution in [0.3, 0.4) is 0 Å². The van der Waals surface area contributed by atoms with E-state index in [1.807, 2.05) is 0 Å². The van der Waals surface area contributed by atoms with Crippen molar-refractivity contribution >= 4 is 17.8 Å². The minimum absolute atomic E-state index is 0.204. The molecule has 0 radical (unpaired) electrons. The van der Waals surface area contributed by atoms with Gasteiger partial charge in [-0.2, -0.15) is 0 Å². The van der Waals surface area contributed by atoms with Crippen molar-refractivity contribution in [3.05, 3.63) is 0 Å². The van der Waals surface area contributed by atoms with Crippen molar-refractivity contribution in [1.29, 1.82) is 0 Å². The third-order valence-corrected chi connectivity index (χ3v) is 4.09. The molecule has 0 aliphatic carbocycles. The van der Waals surface area contributed by atoms with E-state index in [0.29, 0.717) is 6.42 Å². The van der Waals surface area contributed by atoms with Crippen molar-refractivity contribution in [2.45, 2.75) is 90.6 Å². The van der Waals surface area contributed by atoms with Crippen LogP contribution >= 0.6 is 0 Å². The number of hydrogen-bond donors (Lipinski definition) is 2. The van der Waals surface area contributed by atoms with Crippen molar-refractivity contribution in [2.24, 2.45) is 0 Å². The maximum Gasteiger partial charge on any atom is 0.325 e. The second-order valence-corrected chi connectivity index (χ2v) is 6.86. The smallest absolute Gasteiger partial charge is 0.325 e. The van der Waals surface area contributed by atoms with Crippen LogP contribution in [0.2, 0.25) is 0 Å². The molecule has 0 heterocycles. The Morgan fingerprint density at radius 1 is 0.815 bits per heavy atom. The molecule has 0 aromatic heterocycles. The Labute approximate surface area is 163 Å². The minimum Gasteiger partial charge on any atom is -0.463 e. The van der Waals surface area contributed by atoms with Crippen LogP contribution in [0.4, 0.5) is 0 Å². The molecule has 0 rings (SSSR count). The summed E-state index contributed by atoms with van der Waals surface area (Å²) in [6.45, 7) is 2.78. The molecule has 0 fully saturated rings. The zero-order valence-corrected chi connectivity index (χ0v) is 17.0. The van der Waals surface area contributed by atoms with E-state index in [4.69, 9.17) is 9.47 Å². The molecule has 1 unspecified atom stereocenters. The number of unbranched alkanes of at least 4 members (excludes halogenated alkanes) is 9. The van der Waals surface area contributed by atoms with Crippen molar-refractivity contribution in [1.82, 2.24) is 5.32 Å². The lowest BCUT2D eigenvalue weighted by Gasteiger charge is -2.12. The molecule has 0 aliphatic heterocycles. The first-order valence-electron chi connectivity index (χ1n) is 10.2. The van der Waals surface area contributed by atoms with Crippen molar-refractivity contribution in [2.75, 3.05) is 19.8 Å². The Morgan fingerprint density at radius 2 is 1.30 bits per heavy atom. The Hall–Kier alpha value is -1.63. The first kappa shape index (κ1) is 25.4. The third kappa shape index (κ3) is 18.9. The van der Waals surface area contributed by atoms with Crippen LogP contribution < -0.4 is 5.32 Å². The average Bonchev–Trinajstić information content (AvgIpc) is 2.64. The van der Waals surface area contributed by atoms with Gasteiger partial charge >= 0.3 is 11.9 Å². The summed E-state index contributed by atoms with van der Waals surface area (Å²) in [5, 5.41) is 11.9. The van der Waals surface area contributed by atoms with Crippen LogP contribution in [0.25, 0.3) is 0 Å². The molecular weight excluding hydrogens is 350 g/mol. The van der Waals surface area contributed by atoms with E-state index in [-0.39, 0.29) is 31.6 Å². The summed E-state index contributed by atoms with van der Waals surface area (Å²) < 4.78 is 9.73. The summed E-state index contributed by atoms with van der Waals surface area (Å²) in [7, 11) is 0. The monoisotopic (exact) mass is 387 g/mol. The van der Waals surface area contributed by atoms with Gasteiger partial charge in [0.1, 0.15) is 25.9 Å². The van der Waals surface area contributed by atoms with Gasteiger partial charge in [-0.15, -0.1) is 0 Å². The number of esters is 2. The van der Waals surface area contributed by atoms with E-state index in [9.17, 15) is 19.5 Å². The number of carbonyl (C=O) groups is 3. The van der Waals surface area contributed by atoms with Crippen molar-refractivity contribution in [3.63, 3.8) is 0 Å². The normalized spacial score (nSPS) is 11.7. The molecule has 0 aliphatic rings. The second kappa shape index (κ2) is 17.8. The summed E-state index contributed by atoms with van der Waals surface area (Å²) in [4.78, 5) is 33.5. The average molecular weight is 388 g/mol. The Bertz CT molecular complexity index is 413. The highest BCUT2D eigenvalue weighted by Crippen LogP contribution is 2.11. The highest BCUT2D eigenvalue weighted by molar-refractivity contribution is 5.80. The number of aliphatic hydroxyl groups excluding tert-OH is 1. The molecule has 0 saturated carbocycles. The van der Waals surface area contributed by atoms with Crippen molar-refractivity contribution < 1.29 is 29.0 Å². The largest absolute Gasteiger partial charge is 0.463 e. The Morgan fingerprint density at radius 3 is 1.81 bits per heavy atom. The second-order valence-electron chi connectivity index (χ2n) is 6.86. The van der Waals surface area contributed by atoms with Crippen LogP contribution in [0.15, 0.2) is 0 Å². The quantitative estimate of drug-likeness (QED) is 0.294. The predicted molar refractivity (Wildman–Crippen MR) is 103 cm³/mol. The minimum atomic E-state index is -1.07. The number of nitrogens with one attached hydrogen (secondary N) is 1. The topological polar surface area (TPSA) is 102 Å². The van der Waals surface area contributed by atoms with Gasteiger partial charge in [-0.1, -0.05) is 64.7 Å². The molecule has 0 spiro atoms. The van der Waals surface area contributed by atoms with E-state index in [1.165, 1.54) is 51.9 Å². The lowest BCUT2D eigenvalue weighted by atomic mass is 10.1. The first-order valence-corrected chi connectivity index (χ1v) is 10.2. The van der Waals surface area contributed by atoms with Gasteiger partial charge in [0.25, 0.3) is 0 Å². The zero-order valence-electron chi connectivity index (χ0n) is 17.0. The fraction of sp³-hybridized carbons (Fsp3) is 0.850. The zero-order chi connectivity index (χ0) is 20.3. The number of aliphatic hydroxyl groups is 1. The van der Waals surface area contributed by atoms with E-state index in [0.717, 1.165) is 19.3 Å². The number of rotatable bonds is 17. The molecule has 1 amide bonds.